The summed E-state index contributed by atoms with van der Waals surface area (Å²) in [6.07, 6.45) is 4.15. The summed E-state index contributed by atoms with van der Waals surface area (Å²) in [5, 5.41) is 3.35. The van der Waals surface area contributed by atoms with Crippen molar-refractivity contribution in [1.82, 2.24) is 14.3 Å². The fraction of sp³-hybridized carbons (Fsp3) is 1.00. The first-order valence-electron chi connectivity index (χ1n) is 7.37. The molecule has 20 heavy (non-hydrogen) atoms. The largest absolute Gasteiger partial charge is 0.316 e. The van der Waals surface area contributed by atoms with Gasteiger partial charge in [-0.05, 0) is 43.6 Å². The van der Waals surface area contributed by atoms with E-state index >= 15 is 0 Å². The van der Waals surface area contributed by atoms with Gasteiger partial charge in [0.2, 0.25) is 0 Å². The first kappa shape index (κ1) is 18.2. The van der Waals surface area contributed by atoms with Crippen LogP contribution in [-0.2, 0) is 10.2 Å². The van der Waals surface area contributed by atoms with Crippen LogP contribution in [-0.4, -0.2) is 45.4 Å². The topological polar surface area (TPSA) is 61.4 Å². The molecule has 5 nitrogen and oxygen atoms in total. The summed E-state index contributed by atoms with van der Waals surface area (Å²) >= 11 is 0. The van der Waals surface area contributed by atoms with Crippen LogP contribution >= 0.6 is 12.4 Å². The summed E-state index contributed by atoms with van der Waals surface area (Å²) in [5.74, 6) is 0.645. The second-order valence-corrected chi connectivity index (χ2v) is 8.25. The highest BCUT2D eigenvalue weighted by Crippen LogP contribution is 2.25. The Morgan fingerprint density at radius 1 is 1.35 bits per heavy atom. The number of hydrogen-bond acceptors (Lipinski definition) is 3. The van der Waals surface area contributed by atoms with Crippen LogP contribution in [0, 0.1) is 11.3 Å². The van der Waals surface area contributed by atoms with E-state index in [1.54, 1.807) is 4.31 Å². The summed E-state index contributed by atoms with van der Waals surface area (Å²) < 4.78 is 29.0. The van der Waals surface area contributed by atoms with Gasteiger partial charge in [0.05, 0.1) is 0 Å². The molecule has 2 N–H and O–H groups in total. The summed E-state index contributed by atoms with van der Waals surface area (Å²) in [4.78, 5) is 0. The molecule has 1 unspecified atom stereocenters. The molecule has 7 heteroatoms. The van der Waals surface area contributed by atoms with Crippen molar-refractivity contribution in [1.29, 1.82) is 0 Å². The first-order valence-corrected chi connectivity index (χ1v) is 8.81. The van der Waals surface area contributed by atoms with Gasteiger partial charge in [-0.15, -0.1) is 12.4 Å². The molecule has 0 aliphatic carbocycles. The quantitative estimate of drug-likeness (QED) is 0.820. The zero-order valence-corrected chi connectivity index (χ0v) is 14.2. The van der Waals surface area contributed by atoms with Crippen molar-refractivity contribution < 1.29 is 8.42 Å². The van der Waals surface area contributed by atoms with Crippen LogP contribution in [0.3, 0.4) is 0 Å². The Morgan fingerprint density at radius 2 is 2.00 bits per heavy atom. The summed E-state index contributed by atoms with van der Waals surface area (Å²) in [6.45, 7) is 8.14. The second-order valence-electron chi connectivity index (χ2n) is 6.50. The minimum Gasteiger partial charge on any atom is -0.316 e. The van der Waals surface area contributed by atoms with Crippen LogP contribution in [0.2, 0.25) is 0 Å². The Kier molecular flexibility index (Phi) is 6.73. The van der Waals surface area contributed by atoms with Crippen molar-refractivity contribution in [3.05, 3.63) is 0 Å². The van der Waals surface area contributed by atoms with E-state index in [1.807, 2.05) is 0 Å². The maximum Gasteiger partial charge on any atom is 0.279 e. The Labute approximate surface area is 129 Å². The standard InChI is InChI=1S/C13H27N3O2S.ClH/c1-12-4-8-16(9-5-12)19(17,18)15-11-13(2)6-3-7-14-10-13;/h12,14-15H,3-11H2,1-2H3;1H. The van der Waals surface area contributed by atoms with E-state index in [2.05, 4.69) is 23.9 Å². The van der Waals surface area contributed by atoms with Gasteiger partial charge in [0.15, 0.2) is 0 Å². The van der Waals surface area contributed by atoms with E-state index in [-0.39, 0.29) is 17.8 Å². The first-order chi connectivity index (χ1) is 8.91. The third-order valence-electron chi connectivity index (χ3n) is 4.45. The minimum absolute atomic E-state index is 0. The number of nitrogens with zero attached hydrogens (tertiary/aromatic N) is 1. The van der Waals surface area contributed by atoms with E-state index in [4.69, 9.17) is 0 Å². The molecule has 1 atom stereocenters. The molecular weight excluding hydrogens is 298 g/mol. The van der Waals surface area contributed by atoms with E-state index in [0.717, 1.165) is 38.8 Å². The molecule has 2 fully saturated rings. The molecule has 0 saturated carbocycles. The molecule has 0 aromatic rings. The predicted molar refractivity (Wildman–Crippen MR) is 84.4 cm³/mol. The van der Waals surface area contributed by atoms with Crippen molar-refractivity contribution in [3.8, 4) is 0 Å². The molecule has 2 heterocycles. The molecule has 0 radical (unpaired) electrons. The SMILES string of the molecule is CC1CCN(S(=O)(=O)NCC2(C)CCCNC2)CC1.Cl. The number of piperidine rings is 2. The lowest BCUT2D eigenvalue weighted by Crippen LogP contribution is -2.50. The normalized spacial score (nSPS) is 29.9. The Balaban J connectivity index is 0.00000200. The Hall–Kier alpha value is 0.120. The van der Waals surface area contributed by atoms with Gasteiger partial charge in [0.1, 0.15) is 0 Å². The van der Waals surface area contributed by atoms with Crippen molar-refractivity contribution in [2.24, 2.45) is 11.3 Å². The van der Waals surface area contributed by atoms with Crippen LogP contribution in [0.5, 0.6) is 0 Å². The average molecular weight is 326 g/mol. The fourth-order valence-electron chi connectivity index (χ4n) is 2.85. The van der Waals surface area contributed by atoms with Gasteiger partial charge < -0.3 is 5.32 Å². The second kappa shape index (κ2) is 7.40. The van der Waals surface area contributed by atoms with Crippen LogP contribution in [0.25, 0.3) is 0 Å². The van der Waals surface area contributed by atoms with Crippen LogP contribution in [0.15, 0.2) is 0 Å². The fourth-order valence-corrected chi connectivity index (χ4v) is 4.26. The zero-order chi connectivity index (χ0) is 13.9. The lowest BCUT2D eigenvalue weighted by molar-refractivity contribution is 0.233. The summed E-state index contributed by atoms with van der Waals surface area (Å²) in [7, 11) is -3.29. The highest BCUT2D eigenvalue weighted by Gasteiger charge is 2.31. The maximum absolute atomic E-state index is 12.3. The van der Waals surface area contributed by atoms with Gasteiger partial charge in [0.25, 0.3) is 10.2 Å². The Bertz CT molecular complexity index is 388. The lowest BCUT2D eigenvalue weighted by Gasteiger charge is -2.35. The van der Waals surface area contributed by atoms with Crippen molar-refractivity contribution >= 4 is 22.6 Å². The zero-order valence-electron chi connectivity index (χ0n) is 12.5. The van der Waals surface area contributed by atoms with E-state index < -0.39 is 10.2 Å². The lowest BCUT2D eigenvalue weighted by atomic mass is 9.83. The Morgan fingerprint density at radius 3 is 2.55 bits per heavy atom. The summed E-state index contributed by atoms with van der Waals surface area (Å²) in [6, 6.07) is 0. The summed E-state index contributed by atoms with van der Waals surface area (Å²) in [5.41, 5.74) is 0.0500. The monoisotopic (exact) mass is 325 g/mol. The highest BCUT2D eigenvalue weighted by atomic mass is 35.5. The molecule has 2 rings (SSSR count). The molecule has 120 valence electrons. The van der Waals surface area contributed by atoms with E-state index in [9.17, 15) is 8.42 Å². The predicted octanol–water partition coefficient (Wildman–Crippen LogP) is 1.36. The molecule has 0 amide bonds. The smallest absolute Gasteiger partial charge is 0.279 e. The van der Waals surface area contributed by atoms with E-state index in [1.165, 1.54) is 0 Å². The van der Waals surface area contributed by atoms with Crippen LogP contribution in [0.1, 0.15) is 39.5 Å². The molecule has 0 aromatic heterocycles. The molecule has 2 saturated heterocycles. The molecular formula is C13H28ClN3O2S. The van der Waals surface area contributed by atoms with Gasteiger partial charge in [-0.25, -0.2) is 4.72 Å². The van der Waals surface area contributed by atoms with E-state index in [0.29, 0.717) is 25.6 Å². The molecule has 2 aliphatic rings. The number of rotatable bonds is 4. The number of nitrogens with one attached hydrogen (secondary N) is 2. The maximum atomic E-state index is 12.3. The molecule has 0 aromatic carbocycles. The number of hydrogen-bond donors (Lipinski definition) is 2. The third kappa shape index (κ3) is 4.84. The van der Waals surface area contributed by atoms with Gasteiger partial charge in [0, 0.05) is 26.2 Å². The molecule has 0 spiro atoms. The molecule has 2 aliphatic heterocycles. The van der Waals surface area contributed by atoms with Crippen LogP contribution < -0.4 is 10.0 Å². The van der Waals surface area contributed by atoms with Crippen LogP contribution in [0.4, 0.5) is 0 Å². The average Bonchev–Trinajstić information content (AvgIpc) is 2.38. The van der Waals surface area contributed by atoms with Crippen molar-refractivity contribution in [2.45, 2.75) is 39.5 Å². The number of halogens is 1. The van der Waals surface area contributed by atoms with Crippen molar-refractivity contribution in [3.63, 3.8) is 0 Å². The van der Waals surface area contributed by atoms with Gasteiger partial charge in [-0.1, -0.05) is 13.8 Å². The van der Waals surface area contributed by atoms with Gasteiger partial charge in [-0.2, -0.15) is 12.7 Å². The third-order valence-corrected chi connectivity index (χ3v) is 6.00. The highest BCUT2D eigenvalue weighted by molar-refractivity contribution is 7.87. The van der Waals surface area contributed by atoms with Crippen molar-refractivity contribution in [2.75, 3.05) is 32.7 Å². The van der Waals surface area contributed by atoms with Gasteiger partial charge in [-0.3, -0.25) is 0 Å². The minimum atomic E-state index is -3.29. The molecule has 0 bridgehead atoms. The van der Waals surface area contributed by atoms with Gasteiger partial charge >= 0.3 is 0 Å².